The Morgan fingerprint density at radius 3 is 2.25 bits per heavy atom. The van der Waals surface area contributed by atoms with Crippen molar-refractivity contribution in [3.8, 4) is 11.5 Å². The summed E-state index contributed by atoms with van der Waals surface area (Å²) in [6.45, 7) is -1.15. The standard InChI is InChI=1S/C21H22Cl2N2O7/c1-30-9-3-4-13(31-2)12(5-9)24-14(26)8-32-15(27)7-25-20(28)16-10-6-11(17(16)21(25)29)19(23)18(10)22/h3-5,10-11,16-19H,6-8H2,1-2H3,(H,24,26)/t10-,11-,16-,17+,18+,19+/m1/s1. The van der Waals surface area contributed by atoms with Gasteiger partial charge in [0.05, 0.1) is 42.5 Å². The third kappa shape index (κ3) is 3.77. The summed E-state index contributed by atoms with van der Waals surface area (Å²) in [5, 5.41) is 1.82. The highest BCUT2D eigenvalue weighted by atomic mass is 35.5. The molecular weight excluding hydrogens is 463 g/mol. The molecule has 1 N–H and O–H groups in total. The molecule has 0 aromatic heterocycles. The zero-order chi connectivity index (χ0) is 23.2. The van der Waals surface area contributed by atoms with Crippen molar-refractivity contribution in [2.75, 3.05) is 32.7 Å². The fourth-order valence-corrected chi connectivity index (χ4v) is 5.88. The van der Waals surface area contributed by atoms with E-state index in [9.17, 15) is 19.2 Å². The molecule has 1 heterocycles. The molecule has 172 valence electrons. The molecule has 3 amide bonds. The average molecular weight is 485 g/mol. The average Bonchev–Trinajstić information content (AvgIpc) is 3.38. The summed E-state index contributed by atoms with van der Waals surface area (Å²) < 4.78 is 15.3. The number of rotatable bonds is 7. The number of amides is 3. The number of alkyl halides is 2. The molecule has 0 radical (unpaired) electrons. The van der Waals surface area contributed by atoms with E-state index in [1.165, 1.54) is 14.2 Å². The van der Waals surface area contributed by atoms with Gasteiger partial charge in [0.2, 0.25) is 11.8 Å². The van der Waals surface area contributed by atoms with E-state index in [0.29, 0.717) is 23.6 Å². The van der Waals surface area contributed by atoms with Crippen LogP contribution in [0.15, 0.2) is 18.2 Å². The maximum absolute atomic E-state index is 12.8. The number of esters is 1. The van der Waals surface area contributed by atoms with E-state index in [-0.39, 0.29) is 22.6 Å². The van der Waals surface area contributed by atoms with Gasteiger partial charge in [-0.25, -0.2) is 0 Å². The number of anilines is 1. The SMILES string of the molecule is COc1ccc(OC)c(NC(=O)COC(=O)CN2C(=O)[C@@H]3[C@H]4C[C@@H]([C@H](Cl)[C@H]4Cl)[C@@H]3C2=O)c1. The predicted molar refractivity (Wildman–Crippen MR) is 114 cm³/mol. The molecule has 1 aromatic carbocycles. The van der Waals surface area contributed by atoms with Crippen LogP contribution in [0.3, 0.4) is 0 Å². The highest BCUT2D eigenvalue weighted by molar-refractivity contribution is 6.31. The molecular formula is C21H22Cl2N2O7. The molecule has 11 heteroatoms. The Balaban J connectivity index is 1.33. The number of imide groups is 1. The Kier molecular flexibility index (Phi) is 6.22. The number of likely N-dealkylation sites (tertiary alicyclic amines) is 1. The lowest BCUT2D eigenvalue weighted by molar-refractivity contribution is -0.154. The van der Waals surface area contributed by atoms with Gasteiger partial charge in [-0.3, -0.25) is 24.1 Å². The molecule has 3 fully saturated rings. The molecule has 4 rings (SSSR count). The molecule has 1 saturated heterocycles. The largest absolute Gasteiger partial charge is 0.497 e. The van der Waals surface area contributed by atoms with Gasteiger partial charge in [-0.2, -0.15) is 0 Å². The van der Waals surface area contributed by atoms with Crippen LogP contribution in [0.25, 0.3) is 0 Å². The number of hydrogen-bond acceptors (Lipinski definition) is 7. The minimum absolute atomic E-state index is 0.171. The quantitative estimate of drug-likeness (QED) is 0.355. The normalized spacial score (nSPS) is 30.3. The number of hydrogen-bond donors (Lipinski definition) is 1. The van der Waals surface area contributed by atoms with Gasteiger partial charge in [0.25, 0.3) is 5.91 Å². The van der Waals surface area contributed by atoms with Crippen LogP contribution >= 0.6 is 23.2 Å². The summed E-state index contributed by atoms with van der Waals surface area (Å²) in [5.41, 5.74) is 0.340. The smallest absolute Gasteiger partial charge is 0.326 e. The summed E-state index contributed by atoms with van der Waals surface area (Å²) in [4.78, 5) is 50.9. The highest BCUT2D eigenvalue weighted by Crippen LogP contribution is 2.59. The van der Waals surface area contributed by atoms with Crippen LogP contribution in [0.2, 0.25) is 0 Å². The van der Waals surface area contributed by atoms with Gasteiger partial charge >= 0.3 is 5.97 Å². The lowest BCUT2D eigenvalue weighted by atomic mass is 9.80. The minimum atomic E-state index is -0.864. The topological polar surface area (TPSA) is 111 Å². The van der Waals surface area contributed by atoms with E-state index in [2.05, 4.69) is 5.32 Å². The Bertz CT molecular complexity index is 939. The van der Waals surface area contributed by atoms with Crippen LogP contribution in [0, 0.1) is 23.7 Å². The fourth-order valence-electron chi connectivity index (χ4n) is 4.99. The van der Waals surface area contributed by atoms with Crippen LogP contribution < -0.4 is 14.8 Å². The molecule has 0 spiro atoms. The van der Waals surface area contributed by atoms with Gasteiger partial charge in [0, 0.05) is 6.07 Å². The van der Waals surface area contributed by atoms with Crippen molar-refractivity contribution >= 4 is 52.6 Å². The summed E-state index contributed by atoms with van der Waals surface area (Å²) in [6.07, 6.45) is 0.640. The van der Waals surface area contributed by atoms with Crippen molar-refractivity contribution in [1.29, 1.82) is 0 Å². The minimum Gasteiger partial charge on any atom is -0.497 e. The molecule has 1 aromatic rings. The summed E-state index contributed by atoms with van der Waals surface area (Å²) in [6, 6.07) is 4.84. The van der Waals surface area contributed by atoms with Gasteiger partial charge in [0.15, 0.2) is 6.61 Å². The van der Waals surface area contributed by atoms with Crippen molar-refractivity contribution < 1.29 is 33.4 Å². The molecule has 2 saturated carbocycles. The van der Waals surface area contributed by atoms with Gasteiger partial charge in [-0.05, 0) is 30.4 Å². The molecule has 1 aliphatic heterocycles. The molecule has 6 atom stereocenters. The molecule has 2 bridgehead atoms. The number of benzene rings is 1. The van der Waals surface area contributed by atoms with Crippen molar-refractivity contribution in [2.45, 2.75) is 17.2 Å². The fraction of sp³-hybridized carbons (Fsp3) is 0.524. The maximum atomic E-state index is 12.8. The molecule has 32 heavy (non-hydrogen) atoms. The first-order valence-corrected chi connectivity index (χ1v) is 10.9. The first-order chi connectivity index (χ1) is 15.3. The first kappa shape index (κ1) is 22.7. The number of fused-ring (bicyclic) bond motifs is 5. The van der Waals surface area contributed by atoms with Crippen molar-refractivity contribution in [3.05, 3.63) is 18.2 Å². The third-order valence-corrected chi connectivity index (χ3v) is 7.73. The van der Waals surface area contributed by atoms with E-state index in [1.54, 1.807) is 18.2 Å². The van der Waals surface area contributed by atoms with Gasteiger partial charge in [-0.1, -0.05) is 0 Å². The second-order valence-electron chi connectivity index (χ2n) is 8.04. The number of halogens is 2. The number of carbonyl (C=O) groups excluding carboxylic acids is 4. The number of ether oxygens (including phenoxy) is 3. The van der Waals surface area contributed by atoms with Crippen molar-refractivity contribution in [2.24, 2.45) is 23.7 Å². The van der Waals surface area contributed by atoms with Gasteiger partial charge in [0.1, 0.15) is 18.0 Å². The van der Waals surface area contributed by atoms with E-state index in [0.717, 1.165) is 4.90 Å². The van der Waals surface area contributed by atoms with Crippen molar-refractivity contribution in [1.82, 2.24) is 4.90 Å². The van der Waals surface area contributed by atoms with Crippen LogP contribution in [-0.4, -0.2) is 66.7 Å². The van der Waals surface area contributed by atoms with Crippen molar-refractivity contribution in [3.63, 3.8) is 0 Å². The Morgan fingerprint density at radius 2 is 1.69 bits per heavy atom. The number of nitrogens with one attached hydrogen (secondary N) is 1. The predicted octanol–water partition coefficient (Wildman–Crippen LogP) is 1.65. The Hall–Kier alpha value is -2.52. The van der Waals surface area contributed by atoms with E-state index in [1.807, 2.05) is 0 Å². The van der Waals surface area contributed by atoms with Crippen LogP contribution in [0.4, 0.5) is 5.69 Å². The van der Waals surface area contributed by atoms with E-state index >= 15 is 0 Å². The Labute approximate surface area is 194 Å². The number of carbonyl (C=O) groups is 4. The zero-order valence-electron chi connectivity index (χ0n) is 17.4. The second-order valence-corrected chi connectivity index (χ2v) is 9.05. The second kappa shape index (κ2) is 8.78. The molecule has 9 nitrogen and oxygen atoms in total. The highest BCUT2D eigenvalue weighted by Gasteiger charge is 2.66. The van der Waals surface area contributed by atoms with Crippen LogP contribution in [-0.2, 0) is 23.9 Å². The third-order valence-electron chi connectivity index (χ3n) is 6.41. The number of nitrogens with zero attached hydrogens (tertiary/aromatic N) is 1. The maximum Gasteiger partial charge on any atom is 0.326 e. The van der Waals surface area contributed by atoms with Gasteiger partial charge < -0.3 is 19.5 Å². The van der Waals surface area contributed by atoms with E-state index in [4.69, 9.17) is 37.4 Å². The van der Waals surface area contributed by atoms with Crippen LogP contribution in [0.5, 0.6) is 11.5 Å². The molecule has 3 aliphatic rings. The first-order valence-electron chi connectivity index (χ1n) is 10.1. The lowest BCUT2D eigenvalue weighted by Gasteiger charge is -2.28. The molecule has 0 unspecified atom stereocenters. The van der Waals surface area contributed by atoms with Crippen LogP contribution in [0.1, 0.15) is 6.42 Å². The lowest BCUT2D eigenvalue weighted by Crippen LogP contribution is -2.38. The monoisotopic (exact) mass is 484 g/mol. The summed E-state index contributed by atoms with van der Waals surface area (Å²) >= 11 is 12.6. The summed E-state index contributed by atoms with van der Waals surface area (Å²) in [7, 11) is 2.93. The number of methoxy groups -OCH3 is 2. The Morgan fingerprint density at radius 1 is 1.06 bits per heavy atom. The summed E-state index contributed by atoms with van der Waals surface area (Å²) in [5.74, 6) is -2.86. The zero-order valence-corrected chi connectivity index (χ0v) is 18.9. The van der Waals surface area contributed by atoms with E-state index < -0.39 is 48.7 Å². The molecule has 2 aliphatic carbocycles. The van der Waals surface area contributed by atoms with Gasteiger partial charge in [-0.15, -0.1) is 23.2 Å².